The smallest absolute Gasteiger partial charge is 0.349 e. The zero-order valence-corrected chi connectivity index (χ0v) is 11.2. The van der Waals surface area contributed by atoms with Crippen LogP contribution in [0.2, 0.25) is 10.0 Å². The van der Waals surface area contributed by atoms with Crippen LogP contribution in [0.1, 0.15) is 11.7 Å². The Bertz CT molecular complexity index is 564. The number of rotatable bonds is 4. The van der Waals surface area contributed by atoms with Crippen molar-refractivity contribution >= 4 is 29.2 Å². The molecule has 0 aliphatic carbocycles. The SMILES string of the molecule is O=C(O)[C@@H](Oc1cc(Cl)cc(Cl)c1)c1ccccc1. The number of aliphatic carboxylic acids is 1. The van der Waals surface area contributed by atoms with Crippen molar-refractivity contribution in [1.82, 2.24) is 0 Å². The summed E-state index contributed by atoms with van der Waals surface area (Å²) in [6, 6.07) is 13.3. The molecule has 0 aliphatic rings. The average Bonchev–Trinajstić information content (AvgIpc) is 2.35. The fraction of sp³-hybridized carbons (Fsp3) is 0.0714. The highest BCUT2D eigenvalue weighted by Crippen LogP contribution is 2.28. The summed E-state index contributed by atoms with van der Waals surface area (Å²) < 4.78 is 5.46. The molecule has 0 amide bonds. The molecule has 0 unspecified atom stereocenters. The summed E-state index contributed by atoms with van der Waals surface area (Å²) in [5.74, 6) is -0.768. The van der Waals surface area contributed by atoms with E-state index in [1.54, 1.807) is 36.4 Å². The third-order valence-electron chi connectivity index (χ3n) is 2.42. The number of benzene rings is 2. The number of hydrogen-bond acceptors (Lipinski definition) is 2. The van der Waals surface area contributed by atoms with Gasteiger partial charge in [-0.3, -0.25) is 0 Å². The summed E-state index contributed by atoms with van der Waals surface area (Å²) in [4.78, 5) is 11.3. The maximum atomic E-state index is 11.3. The number of carboxylic acid groups (broad SMARTS) is 1. The molecule has 3 nitrogen and oxygen atoms in total. The van der Waals surface area contributed by atoms with Gasteiger partial charge in [0.05, 0.1) is 0 Å². The van der Waals surface area contributed by atoms with Gasteiger partial charge >= 0.3 is 5.97 Å². The number of hydrogen-bond donors (Lipinski definition) is 1. The third kappa shape index (κ3) is 3.63. The highest BCUT2D eigenvalue weighted by Gasteiger charge is 2.21. The van der Waals surface area contributed by atoms with Gasteiger partial charge in [0.15, 0.2) is 0 Å². The molecule has 0 bridgehead atoms. The first-order chi connectivity index (χ1) is 9.06. The van der Waals surface area contributed by atoms with Crippen LogP contribution in [-0.2, 0) is 4.79 Å². The van der Waals surface area contributed by atoms with Crippen molar-refractivity contribution in [1.29, 1.82) is 0 Å². The summed E-state index contributed by atoms with van der Waals surface area (Å²) >= 11 is 11.7. The maximum absolute atomic E-state index is 11.3. The van der Waals surface area contributed by atoms with Crippen LogP contribution < -0.4 is 4.74 Å². The minimum Gasteiger partial charge on any atom is -0.478 e. The van der Waals surface area contributed by atoms with Crippen LogP contribution in [0.3, 0.4) is 0 Å². The van der Waals surface area contributed by atoms with Crippen LogP contribution in [-0.4, -0.2) is 11.1 Å². The second-order valence-corrected chi connectivity index (χ2v) is 4.72. The molecule has 19 heavy (non-hydrogen) atoms. The van der Waals surface area contributed by atoms with Crippen molar-refractivity contribution in [3.8, 4) is 5.75 Å². The van der Waals surface area contributed by atoms with E-state index in [1.165, 1.54) is 12.1 Å². The van der Waals surface area contributed by atoms with E-state index in [-0.39, 0.29) is 0 Å². The molecular formula is C14H10Cl2O3. The standard InChI is InChI=1S/C14H10Cl2O3/c15-10-6-11(16)8-12(7-10)19-13(14(17)18)9-4-2-1-3-5-9/h1-8,13H,(H,17,18)/t13-/m0/s1. The number of carboxylic acids is 1. The Morgan fingerprint density at radius 3 is 2.16 bits per heavy atom. The first kappa shape index (κ1) is 13.7. The summed E-state index contributed by atoms with van der Waals surface area (Å²) in [5.41, 5.74) is 0.547. The average molecular weight is 297 g/mol. The maximum Gasteiger partial charge on any atom is 0.349 e. The Morgan fingerprint density at radius 2 is 1.63 bits per heavy atom. The summed E-state index contributed by atoms with van der Waals surface area (Å²) in [7, 11) is 0. The number of halogens is 2. The molecule has 0 aromatic heterocycles. The van der Waals surface area contributed by atoms with Gasteiger partial charge in [-0.15, -0.1) is 0 Å². The quantitative estimate of drug-likeness (QED) is 0.920. The van der Waals surface area contributed by atoms with Gasteiger partial charge in [0.1, 0.15) is 5.75 Å². The molecule has 2 rings (SSSR count). The van der Waals surface area contributed by atoms with Crippen LogP contribution in [0.25, 0.3) is 0 Å². The lowest BCUT2D eigenvalue weighted by Gasteiger charge is -2.15. The first-order valence-corrected chi connectivity index (χ1v) is 6.22. The Balaban J connectivity index is 2.29. The Morgan fingerprint density at radius 1 is 1.05 bits per heavy atom. The molecule has 1 atom stereocenters. The summed E-state index contributed by atoms with van der Waals surface area (Å²) in [6.45, 7) is 0. The van der Waals surface area contributed by atoms with Crippen LogP contribution in [0.4, 0.5) is 0 Å². The molecule has 2 aromatic rings. The van der Waals surface area contributed by atoms with Gasteiger partial charge in [-0.25, -0.2) is 4.79 Å². The molecule has 0 fully saturated rings. The minimum absolute atomic E-state index is 0.314. The van der Waals surface area contributed by atoms with E-state index in [4.69, 9.17) is 27.9 Å². The minimum atomic E-state index is -1.10. The molecule has 1 N–H and O–H groups in total. The van der Waals surface area contributed by atoms with Crippen molar-refractivity contribution in [2.24, 2.45) is 0 Å². The molecule has 0 saturated carbocycles. The van der Waals surface area contributed by atoms with Gasteiger partial charge in [-0.1, -0.05) is 53.5 Å². The van der Waals surface area contributed by atoms with Crippen LogP contribution in [0.15, 0.2) is 48.5 Å². The molecule has 0 heterocycles. The molecule has 98 valence electrons. The highest BCUT2D eigenvalue weighted by molar-refractivity contribution is 6.34. The molecule has 0 spiro atoms. The van der Waals surface area contributed by atoms with Crippen molar-refractivity contribution in [3.63, 3.8) is 0 Å². The van der Waals surface area contributed by atoms with Crippen LogP contribution in [0, 0.1) is 0 Å². The van der Waals surface area contributed by atoms with Crippen molar-refractivity contribution in [3.05, 3.63) is 64.1 Å². The number of ether oxygens (including phenoxy) is 1. The lowest BCUT2D eigenvalue weighted by Crippen LogP contribution is -2.18. The van der Waals surface area contributed by atoms with Gasteiger partial charge in [0, 0.05) is 15.6 Å². The normalized spacial score (nSPS) is 11.9. The predicted molar refractivity (Wildman–Crippen MR) is 73.9 cm³/mol. The predicted octanol–water partition coefficient (Wildman–Crippen LogP) is 4.20. The van der Waals surface area contributed by atoms with Gasteiger partial charge < -0.3 is 9.84 Å². The van der Waals surface area contributed by atoms with Gasteiger partial charge in [-0.05, 0) is 18.2 Å². The molecule has 2 aromatic carbocycles. The van der Waals surface area contributed by atoms with E-state index < -0.39 is 12.1 Å². The second kappa shape index (κ2) is 5.95. The van der Waals surface area contributed by atoms with E-state index in [1.807, 2.05) is 0 Å². The first-order valence-electron chi connectivity index (χ1n) is 5.47. The zero-order chi connectivity index (χ0) is 13.8. The Labute approximate surface area is 120 Å². The number of carbonyl (C=O) groups is 1. The van der Waals surface area contributed by atoms with Crippen molar-refractivity contribution < 1.29 is 14.6 Å². The third-order valence-corrected chi connectivity index (χ3v) is 2.85. The van der Waals surface area contributed by atoms with E-state index in [0.717, 1.165) is 0 Å². The van der Waals surface area contributed by atoms with E-state index in [2.05, 4.69) is 0 Å². The van der Waals surface area contributed by atoms with E-state index in [9.17, 15) is 9.90 Å². The lowest BCUT2D eigenvalue weighted by atomic mass is 10.1. The highest BCUT2D eigenvalue weighted by atomic mass is 35.5. The topological polar surface area (TPSA) is 46.5 Å². The molecular weight excluding hydrogens is 287 g/mol. The van der Waals surface area contributed by atoms with Gasteiger partial charge in [-0.2, -0.15) is 0 Å². The van der Waals surface area contributed by atoms with Gasteiger partial charge in [0.2, 0.25) is 6.10 Å². The van der Waals surface area contributed by atoms with Crippen molar-refractivity contribution in [2.75, 3.05) is 0 Å². The fourth-order valence-electron chi connectivity index (χ4n) is 1.62. The lowest BCUT2D eigenvalue weighted by molar-refractivity contribution is -0.145. The molecule has 5 heteroatoms. The Hall–Kier alpha value is -1.71. The van der Waals surface area contributed by atoms with E-state index in [0.29, 0.717) is 21.4 Å². The molecule has 0 aliphatic heterocycles. The summed E-state index contributed by atoms with van der Waals surface area (Å²) in [6.07, 6.45) is -1.10. The largest absolute Gasteiger partial charge is 0.478 e. The van der Waals surface area contributed by atoms with Crippen LogP contribution in [0.5, 0.6) is 5.75 Å². The zero-order valence-electron chi connectivity index (χ0n) is 9.72. The fourth-order valence-corrected chi connectivity index (χ4v) is 2.13. The summed E-state index contributed by atoms with van der Waals surface area (Å²) in [5, 5.41) is 10.0. The van der Waals surface area contributed by atoms with Crippen molar-refractivity contribution in [2.45, 2.75) is 6.10 Å². The Kier molecular flexibility index (Phi) is 4.30. The second-order valence-electron chi connectivity index (χ2n) is 3.85. The molecule has 0 radical (unpaired) electrons. The molecule has 0 saturated heterocycles. The monoisotopic (exact) mass is 296 g/mol. The van der Waals surface area contributed by atoms with Crippen LogP contribution >= 0.6 is 23.2 Å². The van der Waals surface area contributed by atoms with E-state index >= 15 is 0 Å². The van der Waals surface area contributed by atoms with Gasteiger partial charge in [0.25, 0.3) is 0 Å².